The second-order valence-electron chi connectivity index (χ2n) is 4.41. The maximum atomic E-state index is 4.58. The van der Waals surface area contributed by atoms with Crippen LogP contribution in [0.1, 0.15) is 29.1 Å². The molecular weight excluding hydrogens is 204 g/mol. The van der Waals surface area contributed by atoms with Gasteiger partial charge in [-0.05, 0) is 38.9 Å². The van der Waals surface area contributed by atoms with Crippen LogP contribution >= 0.6 is 11.8 Å². The van der Waals surface area contributed by atoms with Crippen LogP contribution in [-0.4, -0.2) is 28.7 Å². The van der Waals surface area contributed by atoms with E-state index in [9.17, 15) is 0 Å². The molecule has 0 aromatic carbocycles. The van der Waals surface area contributed by atoms with Crippen LogP contribution in [0.5, 0.6) is 0 Å². The molecule has 82 valence electrons. The van der Waals surface area contributed by atoms with Crippen LogP contribution in [0.15, 0.2) is 12.3 Å². The first kappa shape index (κ1) is 11.0. The van der Waals surface area contributed by atoms with E-state index >= 15 is 0 Å². The number of pyridine rings is 1. The SMILES string of the molecule is Cc1cnc(C2SCC(C)N2C)c(C)c1. The molecule has 0 radical (unpaired) electrons. The van der Waals surface area contributed by atoms with Gasteiger partial charge >= 0.3 is 0 Å². The van der Waals surface area contributed by atoms with Crippen LogP contribution in [-0.2, 0) is 0 Å². The predicted octanol–water partition coefficient (Wildman–Crippen LogP) is 2.76. The Hall–Kier alpha value is -0.540. The Labute approximate surface area is 96.1 Å². The molecule has 0 saturated carbocycles. The maximum Gasteiger partial charge on any atom is 0.0990 e. The van der Waals surface area contributed by atoms with E-state index in [-0.39, 0.29) is 0 Å². The molecule has 2 nitrogen and oxygen atoms in total. The van der Waals surface area contributed by atoms with Crippen LogP contribution in [0.2, 0.25) is 0 Å². The van der Waals surface area contributed by atoms with Crippen LogP contribution in [0, 0.1) is 13.8 Å². The van der Waals surface area contributed by atoms with Gasteiger partial charge in [-0.1, -0.05) is 6.07 Å². The lowest BCUT2D eigenvalue weighted by Gasteiger charge is -2.22. The number of aryl methyl sites for hydroxylation is 2. The van der Waals surface area contributed by atoms with E-state index in [1.807, 2.05) is 18.0 Å². The largest absolute Gasteiger partial charge is 0.286 e. The van der Waals surface area contributed by atoms with Gasteiger partial charge in [-0.2, -0.15) is 0 Å². The standard InChI is InChI=1S/C12H18N2S/c1-8-5-9(2)11(13-6-8)12-14(4)10(3)7-15-12/h5-6,10,12H,7H2,1-4H3. The second kappa shape index (κ2) is 4.14. The van der Waals surface area contributed by atoms with Crippen LogP contribution in [0.25, 0.3) is 0 Å². The van der Waals surface area contributed by atoms with Gasteiger partial charge in [-0.25, -0.2) is 0 Å². The molecule has 15 heavy (non-hydrogen) atoms. The number of hydrogen-bond donors (Lipinski definition) is 0. The monoisotopic (exact) mass is 222 g/mol. The van der Waals surface area contributed by atoms with Crippen molar-refractivity contribution < 1.29 is 0 Å². The first-order valence-electron chi connectivity index (χ1n) is 5.36. The molecule has 2 unspecified atom stereocenters. The molecule has 1 aliphatic heterocycles. The molecule has 1 saturated heterocycles. The fourth-order valence-electron chi connectivity index (χ4n) is 1.95. The summed E-state index contributed by atoms with van der Waals surface area (Å²) in [6, 6.07) is 2.88. The highest BCUT2D eigenvalue weighted by Crippen LogP contribution is 2.39. The Morgan fingerprint density at radius 2 is 2.20 bits per heavy atom. The minimum Gasteiger partial charge on any atom is -0.286 e. The lowest BCUT2D eigenvalue weighted by Crippen LogP contribution is -2.26. The topological polar surface area (TPSA) is 16.1 Å². The van der Waals surface area contributed by atoms with E-state index in [1.54, 1.807) is 0 Å². The summed E-state index contributed by atoms with van der Waals surface area (Å²) >= 11 is 2.00. The average Bonchev–Trinajstić information content (AvgIpc) is 2.49. The highest BCUT2D eigenvalue weighted by molar-refractivity contribution is 7.99. The van der Waals surface area contributed by atoms with E-state index in [0.29, 0.717) is 11.4 Å². The van der Waals surface area contributed by atoms with Gasteiger partial charge in [0.25, 0.3) is 0 Å². The summed E-state index contributed by atoms with van der Waals surface area (Å²) in [5, 5.41) is 0.445. The predicted molar refractivity (Wildman–Crippen MR) is 66.1 cm³/mol. The van der Waals surface area contributed by atoms with E-state index in [4.69, 9.17) is 0 Å². The van der Waals surface area contributed by atoms with Crippen molar-refractivity contribution >= 4 is 11.8 Å². The molecule has 1 aliphatic rings. The van der Waals surface area contributed by atoms with Crippen molar-refractivity contribution in [2.75, 3.05) is 12.8 Å². The Bertz CT molecular complexity index is 365. The molecule has 2 rings (SSSR count). The van der Waals surface area contributed by atoms with Gasteiger partial charge in [-0.15, -0.1) is 11.8 Å². The van der Waals surface area contributed by atoms with Crippen LogP contribution in [0.3, 0.4) is 0 Å². The lowest BCUT2D eigenvalue weighted by atomic mass is 10.1. The first-order valence-corrected chi connectivity index (χ1v) is 6.41. The first-order chi connectivity index (χ1) is 7.09. The van der Waals surface area contributed by atoms with Gasteiger partial charge in [-0.3, -0.25) is 9.88 Å². The minimum atomic E-state index is 0.445. The Morgan fingerprint density at radius 3 is 2.73 bits per heavy atom. The van der Waals surface area contributed by atoms with E-state index < -0.39 is 0 Å². The van der Waals surface area contributed by atoms with Crippen molar-refractivity contribution in [1.29, 1.82) is 0 Å². The molecule has 2 atom stereocenters. The van der Waals surface area contributed by atoms with Crippen LogP contribution < -0.4 is 0 Å². The van der Waals surface area contributed by atoms with Gasteiger partial charge in [0.15, 0.2) is 0 Å². The molecule has 1 aromatic heterocycles. The third-order valence-corrected chi connectivity index (χ3v) is 4.60. The molecule has 2 heterocycles. The van der Waals surface area contributed by atoms with E-state index in [0.717, 1.165) is 0 Å². The van der Waals surface area contributed by atoms with Crippen molar-refractivity contribution in [1.82, 2.24) is 9.88 Å². The third-order valence-electron chi connectivity index (χ3n) is 3.05. The lowest BCUT2D eigenvalue weighted by molar-refractivity contribution is 0.278. The zero-order valence-corrected chi connectivity index (χ0v) is 10.6. The molecule has 0 spiro atoms. The zero-order valence-electron chi connectivity index (χ0n) is 9.82. The van der Waals surface area contributed by atoms with Gasteiger partial charge in [0.05, 0.1) is 11.1 Å². The molecule has 0 N–H and O–H groups in total. The van der Waals surface area contributed by atoms with Crippen molar-refractivity contribution in [3.8, 4) is 0 Å². The van der Waals surface area contributed by atoms with Crippen molar-refractivity contribution in [3.05, 3.63) is 29.1 Å². The number of thioether (sulfide) groups is 1. The number of hydrogen-bond acceptors (Lipinski definition) is 3. The zero-order chi connectivity index (χ0) is 11.0. The summed E-state index contributed by atoms with van der Waals surface area (Å²) in [4.78, 5) is 6.99. The van der Waals surface area contributed by atoms with Gasteiger partial charge in [0.1, 0.15) is 0 Å². The Kier molecular flexibility index (Phi) is 3.03. The molecular formula is C12H18N2S. The highest BCUT2D eigenvalue weighted by atomic mass is 32.2. The van der Waals surface area contributed by atoms with Crippen LogP contribution in [0.4, 0.5) is 0 Å². The smallest absolute Gasteiger partial charge is 0.0990 e. The molecule has 0 aliphatic carbocycles. The fraction of sp³-hybridized carbons (Fsp3) is 0.583. The van der Waals surface area contributed by atoms with Crippen molar-refractivity contribution in [2.45, 2.75) is 32.2 Å². The summed E-state index contributed by atoms with van der Waals surface area (Å²) < 4.78 is 0. The molecule has 3 heteroatoms. The minimum absolute atomic E-state index is 0.445. The highest BCUT2D eigenvalue weighted by Gasteiger charge is 2.30. The number of rotatable bonds is 1. The Morgan fingerprint density at radius 1 is 1.47 bits per heavy atom. The maximum absolute atomic E-state index is 4.58. The quantitative estimate of drug-likeness (QED) is 0.727. The van der Waals surface area contributed by atoms with Gasteiger partial charge < -0.3 is 0 Å². The third kappa shape index (κ3) is 2.04. The molecule has 0 amide bonds. The molecule has 1 fully saturated rings. The van der Waals surface area contributed by atoms with E-state index in [2.05, 4.69) is 43.8 Å². The molecule has 1 aromatic rings. The summed E-state index contributed by atoms with van der Waals surface area (Å²) in [6.07, 6.45) is 1.97. The normalized spacial score (nSPS) is 27.2. The average molecular weight is 222 g/mol. The van der Waals surface area contributed by atoms with Crippen molar-refractivity contribution in [2.24, 2.45) is 0 Å². The number of aromatic nitrogens is 1. The summed E-state index contributed by atoms with van der Waals surface area (Å²) in [6.45, 7) is 6.53. The number of nitrogens with zero attached hydrogens (tertiary/aromatic N) is 2. The van der Waals surface area contributed by atoms with Crippen molar-refractivity contribution in [3.63, 3.8) is 0 Å². The second-order valence-corrected chi connectivity index (χ2v) is 5.53. The fourth-order valence-corrected chi connectivity index (χ4v) is 3.50. The summed E-state index contributed by atoms with van der Waals surface area (Å²) in [7, 11) is 2.19. The molecule has 0 bridgehead atoms. The van der Waals surface area contributed by atoms with Gasteiger partial charge in [0.2, 0.25) is 0 Å². The summed E-state index contributed by atoms with van der Waals surface area (Å²) in [5.41, 5.74) is 3.79. The van der Waals surface area contributed by atoms with Gasteiger partial charge in [0, 0.05) is 18.0 Å². The van der Waals surface area contributed by atoms with E-state index in [1.165, 1.54) is 22.6 Å². The Balaban J connectivity index is 2.30. The summed E-state index contributed by atoms with van der Waals surface area (Å²) in [5.74, 6) is 1.20.